The molecule has 16 nitrogen and oxygen atoms in total. The van der Waals surface area contributed by atoms with Crippen LogP contribution < -0.4 is 0 Å². The second kappa shape index (κ2) is 21.9. The molecule has 1 unspecified atom stereocenters. The number of cyclic esters (lactones) is 1. The third kappa shape index (κ3) is 11.5. The number of ether oxygens (including phenoxy) is 8. The Hall–Kier alpha value is -3.42. The number of hydrogen-bond donors (Lipinski definition) is 3. The number of aromatic nitrogens is 1. The fourth-order valence-corrected chi connectivity index (χ4v) is 11.3. The van der Waals surface area contributed by atoms with Gasteiger partial charge in [0.05, 0.1) is 54.3 Å². The van der Waals surface area contributed by atoms with Crippen molar-refractivity contribution in [1.29, 1.82) is 0 Å². The zero-order valence-electron chi connectivity index (χ0n) is 42.7. The van der Waals surface area contributed by atoms with Gasteiger partial charge in [-0.05, 0) is 105 Å². The summed E-state index contributed by atoms with van der Waals surface area (Å²) in [5.74, 6) is -4.57. The molecule has 19 atom stereocenters. The molecule has 16 heteroatoms. The molecule has 0 aliphatic carbocycles. The molecule has 1 amide bonds. The van der Waals surface area contributed by atoms with E-state index in [-0.39, 0.29) is 38.0 Å². The molecule has 4 aliphatic heterocycles. The van der Waals surface area contributed by atoms with Crippen LogP contribution in [-0.4, -0.2) is 155 Å². The van der Waals surface area contributed by atoms with Gasteiger partial charge in [-0.2, -0.15) is 0 Å². The minimum Gasteiger partial charge on any atom is -0.493 e. The van der Waals surface area contributed by atoms with Gasteiger partial charge in [0.25, 0.3) is 0 Å². The van der Waals surface area contributed by atoms with Gasteiger partial charge in [-0.1, -0.05) is 45.9 Å². The average Bonchev–Trinajstić information content (AvgIpc) is 3.28. The molecule has 0 radical (unpaired) electrons. The molecule has 3 saturated heterocycles. The third-order valence-electron chi connectivity index (χ3n) is 15.2. The quantitative estimate of drug-likeness (QED) is 0.256. The Labute approximate surface area is 403 Å². The number of rotatable bonds is 8. The zero-order chi connectivity index (χ0) is 50.0. The first-order valence-corrected chi connectivity index (χ1v) is 24.5. The fraction of sp³-hybridized carbons (Fsp3) is 0.731. The van der Waals surface area contributed by atoms with E-state index >= 15 is 0 Å². The Morgan fingerprint density at radius 1 is 1.00 bits per heavy atom. The number of para-hydroxylation sites is 1. The van der Waals surface area contributed by atoms with Crippen LogP contribution in [0.3, 0.4) is 0 Å². The summed E-state index contributed by atoms with van der Waals surface area (Å²) < 4.78 is 53.2. The first-order valence-electron chi connectivity index (χ1n) is 24.5. The van der Waals surface area contributed by atoms with Gasteiger partial charge in [0, 0.05) is 61.5 Å². The van der Waals surface area contributed by atoms with Gasteiger partial charge in [0.1, 0.15) is 35.6 Å². The smallest absolute Gasteiger partial charge is 0.311 e. The maximum Gasteiger partial charge on any atom is 0.311 e. The summed E-state index contributed by atoms with van der Waals surface area (Å²) in [6.07, 6.45) is -3.03. The minimum absolute atomic E-state index is 0.0390. The Balaban J connectivity index is 1.60. The van der Waals surface area contributed by atoms with Crippen LogP contribution in [0, 0.1) is 23.7 Å². The topological polar surface area (TPSA) is 197 Å². The highest BCUT2D eigenvalue weighted by Gasteiger charge is 2.55. The predicted molar refractivity (Wildman–Crippen MR) is 256 cm³/mol. The van der Waals surface area contributed by atoms with E-state index in [2.05, 4.69) is 4.99 Å². The molecule has 5 heterocycles. The van der Waals surface area contributed by atoms with Crippen molar-refractivity contribution in [1.82, 2.24) is 9.88 Å². The van der Waals surface area contributed by atoms with Gasteiger partial charge < -0.3 is 58.1 Å². The van der Waals surface area contributed by atoms with Crippen molar-refractivity contribution < 1.29 is 62.8 Å². The Morgan fingerprint density at radius 3 is 2.37 bits per heavy atom. The molecule has 1 aromatic carbocycles. The standard InChI is InChI=1S/C52H79N3O13/c1-15-40-52(11,60)47-30(4)42(54-34(8)56)28(2)24-51(10,63-21-20-36(27-62-47)37-23-35-18-16-17-19-38(35)53-26-37)46(68-49-43(57)39(55(12)13)22-29(3)64-49)31(5)44(32(6)48(59)66-40)67-41-25-50(9,61-14)45(58)33(7)65-41/h16-21,23,26,28-33,36,39-41,43-47,49,57-58,60H,15,22,24-25,27H2,1-14H3/b21-20-,54-42?/t28-,29-,30+,31-,32-,33+,36?,39+,40-,41+,43-,44+,45+,46-,47-,49+,50-,51+,52-/m1/s1. The molecule has 2 bridgehead atoms. The summed E-state index contributed by atoms with van der Waals surface area (Å²) in [7, 11) is 5.33. The number of aliphatic hydroxyl groups excluding tert-OH is 2. The van der Waals surface area contributed by atoms with Crippen molar-refractivity contribution in [2.24, 2.45) is 28.7 Å². The van der Waals surface area contributed by atoms with Crippen LogP contribution in [-0.2, 0) is 47.5 Å². The molecule has 3 fully saturated rings. The highest BCUT2D eigenvalue weighted by Crippen LogP contribution is 2.43. The summed E-state index contributed by atoms with van der Waals surface area (Å²) in [6, 6.07) is 9.54. The van der Waals surface area contributed by atoms with Crippen LogP contribution in [0.5, 0.6) is 0 Å². The lowest BCUT2D eigenvalue weighted by Crippen LogP contribution is -2.61. The van der Waals surface area contributed by atoms with Crippen molar-refractivity contribution in [2.75, 3.05) is 27.8 Å². The maximum atomic E-state index is 14.9. The fourth-order valence-electron chi connectivity index (χ4n) is 11.3. The van der Waals surface area contributed by atoms with Crippen molar-refractivity contribution in [3.05, 3.63) is 54.4 Å². The summed E-state index contributed by atoms with van der Waals surface area (Å²) in [5.41, 5.74) is -2.15. The molecule has 3 N–H and O–H groups in total. The lowest BCUT2D eigenvalue weighted by molar-refractivity contribution is -0.318. The second-order valence-corrected chi connectivity index (χ2v) is 20.9. The summed E-state index contributed by atoms with van der Waals surface area (Å²) in [6.45, 7) is 19.7. The van der Waals surface area contributed by atoms with Crippen LogP contribution in [0.15, 0.2) is 53.9 Å². The van der Waals surface area contributed by atoms with E-state index in [0.29, 0.717) is 12.1 Å². The lowest BCUT2D eigenvalue weighted by Gasteiger charge is -2.50. The second-order valence-electron chi connectivity index (χ2n) is 20.9. The lowest BCUT2D eigenvalue weighted by atomic mass is 9.73. The van der Waals surface area contributed by atoms with E-state index in [1.54, 1.807) is 40.2 Å². The molecule has 0 spiro atoms. The number of amides is 1. The highest BCUT2D eigenvalue weighted by atomic mass is 16.7. The van der Waals surface area contributed by atoms with Crippen molar-refractivity contribution in [3.63, 3.8) is 0 Å². The number of benzene rings is 1. The largest absolute Gasteiger partial charge is 0.493 e. The van der Waals surface area contributed by atoms with Gasteiger partial charge in [-0.15, -0.1) is 0 Å². The molecule has 380 valence electrons. The van der Waals surface area contributed by atoms with E-state index in [0.717, 1.165) is 16.5 Å². The molecule has 2 aromatic rings. The van der Waals surface area contributed by atoms with E-state index in [1.165, 1.54) is 14.0 Å². The summed E-state index contributed by atoms with van der Waals surface area (Å²) in [4.78, 5) is 39.5. The Bertz CT molecular complexity index is 2100. The molecule has 1 aromatic heterocycles. The number of carbonyl (C=O) groups is 2. The Kier molecular flexibility index (Phi) is 17.4. The van der Waals surface area contributed by atoms with Crippen LogP contribution in [0.4, 0.5) is 0 Å². The van der Waals surface area contributed by atoms with Gasteiger partial charge in [0.15, 0.2) is 12.6 Å². The SMILES string of the molecule is CC[C@H]1OC(=O)[C@H](C)[C@@H](O[C@H]2C[C@@](C)(OC)[C@@H](O)[C@H](C)O2)[C@@H](C)[C@@H](O[C@@H]2O[C@H](C)C[C@H](N(C)C)[C@H]2O)[C@]2(C)C[C@@H](C)C(=NC(C)=O)[C@H](C)[C@@H](OCC(c3cnc4ccccc4c3)/C=C\O2)[C@]1(C)O. The summed E-state index contributed by atoms with van der Waals surface area (Å²) in [5, 5.41) is 37.1. The molecule has 68 heavy (non-hydrogen) atoms. The van der Waals surface area contributed by atoms with Crippen molar-refractivity contribution in [3.8, 4) is 0 Å². The van der Waals surface area contributed by atoms with Crippen LogP contribution in [0.25, 0.3) is 10.9 Å². The van der Waals surface area contributed by atoms with E-state index in [9.17, 15) is 24.9 Å². The average molecular weight is 954 g/mol. The van der Waals surface area contributed by atoms with E-state index < -0.39 is 114 Å². The van der Waals surface area contributed by atoms with Crippen LogP contribution in [0.1, 0.15) is 113 Å². The van der Waals surface area contributed by atoms with Crippen molar-refractivity contribution >= 4 is 28.5 Å². The number of aliphatic imine (C=N–C) groups is 1. The van der Waals surface area contributed by atoms with Gasteiger partial charge >= 0.3 is 5.97 Å². The number of likely N-dealkylation sites (N-methyl/N-ethyl adjacent to an activating group) is 1. The number of carbonyl (C=O) groups excluding carboxylic acids is 2. The number of aliphatic hydroxyl groups is 3. The Morgan fingerprint density at radius 2 is 1.71 bits per heavy atom. The first kappa shape index (κ1) is 53.9. The van der Waals surface area contributed by atoms with E-state index in [1.807, 2.05) is 96.9 Å². The molecule has 0 saturated carbocycles. The predicted octanol–water partition coefficient (Wildman–Crippen LogP) is 6.11. The van der Waals surface area contributed by atoms with Crippen LogP contribution >= 0.6 is 0 Å². The van der Waals surface area contributed by atoms with Crippen molar-refractivity contribution in [2.45, 2.75) is 192 Å². The number of esters is 1. The first-order chi connectivity index (χ1) is 31.9. The highest BCUT2D eigenvalue weighted by molar-refractivity contribution is 5.97. The van der Waals surface area contributed by atoms with Gasteiger partial charge in [0.2, 0.25) is 5.91 Å². The number of hydrogen-bond acceptors (Lipinski definition) is 15. The monoisotopic (exact) mass is 954 g/mol. The zero-order valence-corrected chi connectivity index (χ0v) is 42.7. The van der Waals surface area contributed by atoms with Crippen LogP contribution in [0.2, 0.25) is 0 Å². The maximum absolute atomic E-state index is 14.9. The summed E-state index contributed by atoms with van der Waals surface area (Å²) >= 11 is 0. The molecular formula is C52H79N3O13. The normalized spacial score (nSPS) is 43.4. The van der Waals surface area contributed by atoms with E-state index in [4.69, 9.17) is 42.9 Å². The number of fused-ring (bicyclic) bond motifs is 6. The van der Waals surface area contributed by atoms with Gasteiger partial charge in [-0.25, -0.2) is 4.99 Å². The molecule has 6 rings (SSSR count). The number of methoxy groups -OCH3 is 1. The molecular weight excluding hydrogens is 875 g/mol. The third-order valence-corrected chi connectivity index (χ3v) is 15.2. The number of nitrogens with zero attached hydrogens (tertiary/aromatic N) is 3. The molecule has 4 aliphatic rings. The van der Waals surface area contributed by atoms with Gasteiger partial charge in [-0.3, -0.25) is 14.6 Å². The minimum atomic E-state index is -1.83. The number of pyridine rings is 1.